The predicted molar refractivity (Wildman–Crippen MR) is 133 cm³/mol. The third kappa shape index (κ3) is 4.81. The fraction of sp³-hybridized carbons (Fsp3) is 0.481. The lowest BCUT2D eigenvalue weighted by molar-refractivity contribution is -0.120. The summed E-state index contributed by atoms with van der Waals surface area (Å²) < 4.78 is 5.34. The average molecular weight is 463 g/mol. The number of benzene rings is 2. The minimum Gasteiger partial charge on any atom is -0.378 e. The molecule has 0 saturated carbocycles. The zero-order valence-corrected chi connectivity index (χ0v) is 20.0. The van der Waals surface area contributed by atoms with Crippen molar-refractivity contribution in [1.82, 2.24) is 9.80 Å². The van der Waals surface area contributed by atoms with E-state index >= 15 is 0 Å². The summed E-state index contributed by atoms with van der Waals surface area (Å²) in [5.74, 6) is 0.199. The van der Waals surface area contributed by atoms with E-state index in [9.17, 15) is 9.59 Å². The average Bonchev–Trinajstić information content (AvgIpc) is 3.25. The molecule has 34 heavy (non-hydrogen) atoms. The molecule has 2 aromatic rings. The first-order chi connectivity index (χ1) is 16.6. The number of carbonyl (C=O) groups excluding carboxylic acids is 2. The Labute approximate surface area is 201 Å². The molecule has 3 aliphatic rings. The topological polar surface area (TPSA) is 56.3 Å². The highest BCUT2D eigenvalue weighted by Gasteiger charge is 2.33. The van der Waals surface area contributed by atoms with Crippen LogP contribution in [0.25, 0.3) is 0 Å². The van der Waals surface area contributed by atoms with E-state index in [2.05, 4.69) is 41.1 Å². The minimum atomic E-state index is -0.0109. The zero-order valence-electron chi connectivity index (χ0n) is 20.0. The molecule has 0 aromatic heterocycles. The van der Waals surface area contributed by atoms with Gasteiger partial charge in [0.15, 0.2) is 0 Å². The van der Waals surface area contributed by atoms with Gasteiger partial charge >= 0.3 is 0 Å². The van der Waals surface area contributed by atoms with E-state index in [0.717, 1.165) is 51.3 Å². The molecule has 2 aromatic carbocycles. The first kappa shape index (κ1) is 22.9. The Bertz CT molecular complexity index is 1010. The van der Waals surface area contributed by atoms with Crippen molar-refractivity contribution < 1.29 is 14.3 Å². The number of rotatable bonds is 5. The van der Waals surface area contributed by atoms with Gasteiger partial charge in [-0.05, 0) is 55.8 Å². The molecule has 0 aliphatic carbocycles. The number of para-hydroxylation sites is 1. The van der Waals surface area contributed by atoms with Crippen molar-refractivity contribution in [3.63, 3.8) is 0 Å². The molecule has 3 saturated heterocycles. The van der Waals surface area contributed by atoms with Crippen molar-refractivity contribution in [2.24, 2.45) is 5.92 Å². The van der Waals surface area contributed by atoms with Crippen molar-refractivity contribution in [1.29, 1.82) is 0 Å². The molecule has 3 heterocycles. The fourth-order valence-electron chi connectivity index (χ4n) is 5.22. The van der Waals surface area contributed by atoms with Crippen molar-refractivity contribution in [3.8, 4) is 0 Å². The monoisotopic (exact) mass is 462 g/mol. The Morgan fingerprint density at radius 3 is 2.35 bits per heavy atom. The van der Waals surface area contributed by atoms with Gasteiger partial charge in [-0.3, -0.25) is 9.59 Å². The van der Waals surface area contributed by atoms with Gasteiger partial charge in [0.05, 0.1) is 13.2 Å². The standard InChI is InChI=1S/C27H34N4O3/c1-28-12-14-29(15-13-28)25-5-3-2-4-22(25)20-23-10-11-31(27(23)33)24-8-6-21(7-9-24)26(32)30-16-18-34-19-17-30/h2-9,23H,10-20H2,1H3. The highest BCUT2D eigenvalue weighted by molar-refractivity contribution is 5.99. The second-order valence-corrected chi connectivity index (χ2v) is 9.55. The highest BCUT2D eigenvalue weighted by atomic mass is 16.5. The number of anilines is 2. The first-order valence-electron chi connectivity index (χ1n) is 12.4. The summed E-state index contributed by atoms with van der Waals surface area (Å²) in [6, 6.07) is 16.1. The first-order valence-corrected chi connectivity index (χ1v) is 12.4. The number of likely N-dealkylation sites (N-methyl/N-ethyl adjacent to an activating group) is 1. The quantitative estimate of drug-likeness (QED) is 0.684. The van der Waals surface area contributed by atoms with Gasteiger partial charge < -0.3 is 24.3 Å². The van der Waals surface area contributed by atoms with Crippen LogP contribution < -0.4 is 9.80 Å². The molecule has 1 atom stereocenters. The van der Waals surface area contributed by atoms with Crippen LogP contribution >= 0.6 is 0 Å². The summed E-state index contributed by atoms with van der Waals surface area (Å²) in [6.45, 7) is 7.32. The summed E-state index contributed by atoms with van der Waals surface area (Å²) in [7, 11) is 2.17. The van der Waals surface area contributed by atoms with E-state index in [1.165, 1.54) is 11.3 Å². The van der Waals surface area contributed by atoms with Crippen LogP contribution in [0.2, 0.25) is 0 Å². The molecule has 2 amide bonds. The number of morpholine rings is 1. The SMILES string of the molecule is CN1CCN(c2ccccc2CC2CCN(c3ccc(C(=O)N4CCOCC4)cc3)C2=O)CC1. The molecule has 0 spiro atoms. The van der Waals surface area contributed by atoms with Gasteiger partial charge in [-0.15, -0.1) is 0 Å². The molecule has 0 bridgehead atoms. The van der Waals surface area contributed by atoms with Crippen LogP contribution in [0.15, 0.2) is 48.5 Å². The Morgan fingerprint density at radius 1 is 0.912 bits per heavy atom. The molecule has 1 unspecified atom stereocenters. The molecule has 180 valence electrons. The number of carbonyl (C=O) groups is 2. The van der Waals surface area contributed by atoms with Gasteiger partial charge in [0, 0.05) is 68.7 Å². The molecular weight excluding hydrogens is 428 g/mol. The summed E-state index contributed by atoms with van der Waals surface area (Å²) in [4.78, 5) is 34.6. The smallest absolute Gasteiger partial charge is 0.254 e. The van der Waals surface area contributed by atoms with Gasteiger partial charge in [-0.2, -0.15) is 0 Å². The van der Waals surface area contributed by atoms with E-state index < -0.39 is 0 Å². The number of nitrogens with zero attached hydrogens (tertiary/aromatic N) is 4. The molecular formula is C27H34N4O3. The van der Waals surface area contributed by atoms with E-state index in [4.69, 9.17) is 4.74 Å². The lowest BCUT2D eigenvalue weighted by Crippen LogP contribution is -2.44. The highest BCUT2D eigenvalue weighted by Crippen LogP contribution is 2.31. The number of hydrogen-bond donors (Lipinski definition) is 0. The van der Waals surface area contributed by atoms with Crippen LogP contribution in [-0.2, 0) is 16.0 Å². The second kappa shape index (κ2) is 10.2. The number of ether oxygens (including phenoxy) is 1. The molecule has 7 nitrogen and oxygen atoms in total. The Morgan fingerprint density at radius 2 is 1.62 bits per heavy atom. The number of hydrogen-bond acceptors (Lipinski definition) is 5. The van der Waals surface area contributed by atoms with Crippen LogP contribution in [-0.4, -0.2) is 87.7 Å². The van der Waals surface area contributed by atoms with E-state index in [0.29, 0.717) is 31.9 Å². The van der Waals surface area contributed by atoms with Gasteiger partial charge in [0.1, 0.15) is 0 Å². The summed E-state index contributed by atoms with van der Waals surface area (Å²) in [5.41, 5.74) is 4.07. The lowest BCUT2D eigenvalue weighted by Gasteiger charge is -2.35. The molecule has 0 N–H and O–H groups in total. The van der Waals surface area contributed by atoms with E-state index in [-0.39, 0.29) is 17.7 Å². The molecule has 0 radical (unpaired) electrons. The maximum absolute atomic E-state index is 13.3. The molecule has 7 heteroatoms. The van der Waals surface area contributed by atoms with Gasteiger partial charge in [-0.25, -0.2) is 0 Å². The maximum atomic E-state index is 13.3. The third-order valence-corrected chi connectivity index (χ3v) is 7.34. The van der Waals surface area contributed by atoms with Crippen LogP contribution in [0.3, 0.4) is 0 Å². The Balaban J connectivity index is 1.24. The third-order valence-electron chi connectivity index (χ3n) is 7.34. The fourth-order valence-corrected chi connectivity index (χ4v) is 5.22. The van der Waals surface area contributed by atoms with Crippen LogP contribution in [0.4, 0.5) is 11.4 Å². The molecule has 5 rings (SSSR count). The van der Waals surface area contributed by atoms with Crippen LogP contribution in [0.5, 0.6) is 0 Å². The number of piperazine rings is 1. The van der Waals surface area contributed by atoms with Crippen molar-refractivity contribution in [3.05, 3.63) is 59.7 Å². The maximum Gasteiger partial charge on any atom is 0.254 e. The molecule has 3 fully saturated rings. The Hall–Kier alpha value is -2.90. The second-order valence-electron chi connectivity index (χ2n) is 9.55. The van der Waals surface area contributed by atoms with Gasteiger partial charge in [-0.1, -0.05) is 18.2 Å². The van der Waals surface area contributed by atoms with Crippen LogP contribution in [0.1, 0.15) is 22.3 Å². The minimum absolute atomic E-state index is 0.0109. The summed E-state index contributed by atoms with van der Waals surface area (Å²) in [5, 5.41) is 0. The molecule has 3 aliphatic heterocycles. The largest absolute Gasteiger partial charge is 0.378 e. The summed E-state index contributed by atoms with van der Waals surface area (Å²) in [6.07, 6.45) is 1.62. The normalized spacial score (nSPS) is 21.9. The Kier molecular flexibility index (Phi) is 6.83. The summed E-state index contributed by atoms with van der Waals surface area (Å²) >= 11 is 0. The number of amides is 2. The van der Waals surface area contributed by atoms with Gasteiger partial charge in [0.25, 0.3) is 5.91 Å². The van der Waals surface area contributed by atoms with Gasteiger partial charge in [0.2, 0.25) is 5.91 Å². The van der Waals surface area contributed by atoms with Crippen molar-refractivity contribution in [2.75, 3.05) is 75.9 Å². The predicted octanol–water partition coefficient (Wildman–Crippen LogP) is 2.51. The van der Waals surface area contributed by atoms with Crippen molar-refractivity contribution >= 4 is 23.2 Å². The van der Waals surface area contributed by atoms with E-state index in [1.54, 1.807) is 0 Å². The zero-order chi connectivity index (χ0) is 23.5. The van der Waals surface area contributed by atoms with Crippen molar-refractivity contribution in [2.45, 2.75) is 12.8 Å². The van der Waals surface area contributed by atoms with Crippen LogP contribution in [0, 0.1) is 5.92 Å². The lowest BCUT2D eigenvalue weighted by atomic mass is 9.96. The van der Waals surface area contributed by atoms with E-state index in [1.807, 2.05) is 34.1 Å².